The Labute approximate surface area is 107 Å². The predicted octanol–water partition coefficient (Wildman–Crippen LogP) is 0.740. The molecule has 0 aromatic heterocycles. The van der Waals surface area contributed by atoms with Crippen LogP contribution in [0.4, 0.5) is 0 Å². The molecule has 0 bridgehead atoms. The van der Waals surface area contributed by atoms with E-state index in [-0.39, 0.29) is 5.91 Å². The molecule has 4 nitrogen and oxygen atoms in total. The highest BCUT2D eigenvalue weighted by Gasteiger charge is 2.28. The monoisotopic (exact) mass is 259 g/mol. The maximum absolute atomic E-state index is 11.5. The van der Waals surface area contributed by atoms with E-state index in [1.807, 2.05) is 0 Å². The Kier molecular flexibility index (Phi) is 7.02. The molecule has 0 N–H and O–H groups in total. The van der Waals surface area contributed by atoms with E-state index in [1.165, 1.54) is 0 Å². The predicted molar refractivity (Wildman–Crippen MR) is 65.9 cm³/mol. The quantitative estimate of drug-likeness (QED) is 0.367. The molecule has 1 atom stereocenters. The first-order chi connectivity index (χ1) is 8.27. The minimum absolute atomic E-state index is 0.169. The second kappa shape index (κ2) is 8.35. The fraction of sp³-hybridized carbons (Fsp3) is 0.750. The van der Waals surface area contributed by atoms with Crippen molar-refractivity contribution in [3.05, 3.63) is 0 Å². The lowest BCUT2D eigenvalue weighted by atomic mass is 10.2. The first-order valence-corrected chi connectivity index (χ1v) is 6.24. The number of hydrogen-bond donors (Lipinski definition) is 0. The van der Waals surface area contributed by atoms with Gasteiger partial charge in [0.2, 0.25) is 5.91 Å². The third-order valence-electron chi connectivity index (χ3n) is 2.58. The smallest absolute Gasteiger partial charge is 0.223 e. The molecule has 0 aromatic carbocycles. The topological polar surface area (TPSA) is 38.8 Å². The van der Waals surface area contributed by atoms with Gasteiger partial charge in [-0.1, -0.05) is 5.92 Å². The molecule has 0 aliphatic carbocycles. The highest BCUT2D eigenvalue weighted by Crippen LogP contribution is 2.18. The van der Waals surface area contributed by atoms with Gasteiger partial charge in [0.05, 0.1) is 19.8 Å². The molecule has 0 radical (unpaired) electrons. The lowest BCUT2D eigenvalue weighted by molar-refractivity contribution is -0.128. The van der Waals surface area contributed by atoms with Gasteiger partial charge in [-0.2, -0.15) is 0 Å². The summed E-state index contributed by atoms with van der Waals surface area (Å²) < 4.78 is 10.4. The molecule has 0 spiro atoms. The summed E-state index contributed by atoms with van der Waals surface area (Å²) in [6.07, 6.45) is 5.59. The molecule has 5 heteroatoms. The largest absolute Gasteiger partial charge is 0.377 e. The molecular weight excluding hydrogens is 242 g/mol. The van der Waals surface area contributed by atoms with E-state index in [4.69, 9.17) is 27.5 Å². The van der Waals surface area contributed by atoms with E-state index < -0.39 is 0 Å². The summed E-state index contributed by atoms with van der Waals surface area (Å²) in [5.74, 6) is 3.39. The number of terminal acetylenes is 1. The molecular formula is C12H18ClNO3. The van der Waals surface area contributed by atoms with Gasteiger partial charge in [-0.15, -0.1) is 18.0 Å². The molecule has 1 saturated heterocycles. The molecule has 1 rings (SSSR count). The maximum Gasteiger partial charge on any atom is 0.223 e. The van der Waals surface area contributed by atoms with Gasteiger partial charge in [0, 0.05) is 25.4 Å². The van der Waals surface area contributed by atoms with Gasteiger partial charge >= 0.3 is 0 Å². The van der Waals surface area contributed by atoms with Gasteiger partial charge in [-0.05, 0) is 5.92 Å². The summed E-state index contributed by atoms with van der Waals surface area (Å²) in [6, 6.07) is 0. The fourth-order valence-corrected chi connectivity index (χ4v) is 1.91. The van der Waals surface area contributed by atoms with E-state index in [2.05, 4.69) is 5.92 Å². The zero-order chi connectivity index (χ0) is 12.5. The summed E-state index contributed by atoms with van der Waals surface area (Å²) in [6.45, 7) is 3.21. The number of carbonyl (C=O) groups is 1. The number of ether oxygens (including phenoxy) is 2. The Morgan fingerprint density at radius 3 is 2.82 bits per heavy atom. The molecule has 17 heavy (non-hydrogen) atoms. The second-order valence-electron chi connectivity index (χ2n) is 3.93. The fourth-order valence-electron chi connectivity index (χ4n) is 1.70. The van der Waals surface area contributed by atoms with Crippen LogP contribution in [0.1, 0.15) is 6.42 Å². The van der Waals surface area contributed by atoms with Crippen molar-refractivity contribution in [3.63, 3.8) is 0 Å². The van der Waals surface area contributed by atoms with Crippen LogP contribution in [0.3, 0.4) is 0 Å². The maximum atomic E-state index is 11.5. The summed E-state index contributed by atoms with van der Waals surface area (Å²) >= 11 is 5.73. The molecule has 96 valence electrons. The van der Waals surface area contributed by atoms with Crippen molar-refractivity contribution in [2.45, 2.75) is 6.42 Å². The van der Waals surface area contributed by atoms with Crippen molar-refractivity contribution < 1.29 is 14.3 Å². The van der Waals surface area contributed by atoms with Crippen LogP contribution in [0.2, 0.25) is 0 Å². The third kappa shape index (κ3) is 5.40. The minimum atomic E-state index is 0.169. The normalized spacial score (nSPS) is 19.6. The lowest BCUT2D eigenvalue weighted by Crippen LogP contribution is -2.29. The van der Waals surface area contributed by atoms with E-state index in [0.29, 0.717) is 51.2 Å². The van der Waals surface area contributed by atoms with Gasteiger partial charge in [-0.3, -0.25) is 4.79 Å². The molecule has 1 heterocycles. The standard InChI is InChI=1S/C12H18ClNO3/c1-2-4-16-6-7-17-5-3-14-10-11(9-13)8-12(14)15/h1,11H,3-10H2. The van der Waals surface area contributed by atoms with Gasteiger partial charge in [0.25, 0.3) is 0 Å². The van der Waals surface area contributed by atoms with Crippen LogP contribution in [-0.2, 0) is 14.3 Å². The molecule has 0 saturated carbocycles. The van der Waals surface area contributed by atoms with Crippen LogP contribution in [0, 0.1) is 18.3 Å². The number of amides is 1. The van der Waals surface area contributed by atoms with E-state index in [0.717, 1.165) is 6.54 Å². The van der Waals surface area contributed by atoms with Crippen LogP contribution >= 0.6 is 11.6 Å². The van der Waals surface area contributed by atoms with Crippen LogP contribution in [0.15, 0.2) is 0 Å². The summed E-state index contributed by atoms with van der Waals surface area (Å²) in [7, 11) is 0. The number of carbonyl (C=O) groups excluding carboxylic acids is 1. The van der Waals surface area contributed by atoms with Crippen molar-refractivity contribution >= 4 is 17.5 Å². The van der Waals surface area contributed by atoms with Crippen LogP contribution < -0.4 is 0 Å². The van der Waals surface area contributed by atoms with Gasteiger partial charge in [-0.25, -0.2) is 0 Å². The molecule has 1 fully saturated rings. The van der Waals surface area contributed by atoms with Crippen molar-refractivity contribution in [1.29, 1.82) is 0 Å². The average molecular weight is 260 g/mol. The van der Waals surface area contributed by atoms with Crippen molar-refractivity contribution in [2.24, 2.45) is 5.92 Å². The molecule has 1 aliphatic heterocycles. The molecule has 1 aliphatic rings. The Hall–Kier alpha value is -0.760. The molecule has 0 aromatic rings. The highest BCUT2D eigenvalue weighted by atomic mass is 35.5. The third-order valence-corrected chi connectivity index (χ3v) is 3.01. The van der Waals surface area contributed by atoms with Crippen LogP contribution in [-0.4, -0.2) is 56.2 Å². The Morgan fingerprint density at radius 1 is 1.41 bits per heavy atom. The number of likely N-dealkylation sites (tertiary alicyclic amines) is 1. The number of hydrogen-bond acceptors (Lipinski definition) is 3. The van der Waals surface area contributed by atoms with Crippen LogP contribution in [0.5, 0.6) is 0 Å². The summed E-state index contributed by atoms with van der Waals surface area (Å²) in [5, 5.41) is 0. The highest BCUT2D eigenvalue weighted by molar-refractivity contribution is 6.18. The Morgan fingerprint density at radius 2 is 2.18 bits per heavy atom. The van der Waals surface area contributed by atoms with E-state index >= 15 is 0 Å². The summed E-state index contributed by atoms with van der Waals surface area (Å²) in [4.78, 5) is 13.3. The second-order valence-corrected chi connectivity index (χ2v) is 4.24. The Bertz CT molecular complexity index is 277. The van der Waals surface area contributed by atoms with E-state index in [9.17, 15) is 4.79 Å². The Balaban J connectivity index is 2.00. The number of nitrogens with zero attached hydrogens (tertiary/aromatic N) is 1. The van der Waals surface area contributed by atoms with Gasteiger partial charge in [0.1, 0.15) is 6.61 Å². The van der Waals surface area contributed by atoms with Gasteiger partial charge < -0.3 is 14.4 Å². The molecule has 1 unspecified atom stereocenters. The summed E-state index contributed by atoms with van der Waals surface area (Å²) in [5.41, 5.74) is 0. The zero-order valence-corrected chi connectivity index (χ0v) is 10.6. The minimum Gasteiger partial charge on any atom is -0.377 e. The van der Waals surface area contributed by atoms with Crippen molar-refractivity contribution in [2.75, 3.05) is 45.4 Å². The number of halogens is 1. The van der Waals surface area contributed by atoms with Crippen molar-refractivity contribution in [3.8, 4) is 12.3 Å². The van der Waals surface area contributed by atoms with E-state index in [1.54, 1.807) is 4.90 Å². The average Bonchev–Trinajstić information content (AvgIpc) is 2.69. The SMILES string of the molecule is C#CCOCCOCCN1CC(CCl)CC1=O. The first kappa shape index (κ1) is 14.3. The molecule has 1 amide bonds. The lowest BCUT2D eigenvalue weighted by Gasteiger charge is -2.16. The van der Waals surface area contributed by atoms with Crippen LogP contribution in [0.25, 0.3) is 0 Å². The van der Waals surface area contributed by atoms with Gasteiger partial charge in [0.15, 0.2) is 0 Å². The zero-order valence-electron chi connectivity index (χ0n) is 9.86. The van der Waals surface area contributed by atoms with Crippen molar-refractivity contribution in [1.82, 2.24) is 4.90 Å². The number of rotatable bonds is 8. The number of alkyl halides is 1. The first-order valence-electron chi connectivity index (χ1n) is 5.70.